The van der Waals surface area contributed by atoms with Gasteiger partial charge in [-0.2, -0.15) is 12.6 Å². The van der Waals surface area contributed by atoms with Crippen LogP contribution >= 0.6 is 12.6 Å². The van der Waals surface area contributed by atoms with E-state index in [0.717, 1.165) is 12.7 Å². The van der Waals surface area contributed by atoms with Gasteiger partial charge in [-0.3, -0.25) is 9.59 Å². The Hall–Kier alpha value is -2.59. The Morgan fingerprint density at radius 1 is 1.07 bits per heavy atom. The SMILES string of the molecule is COC(=O)[C@H](COC(=O)c1ccc(C)cc1)NC(=O)[C@@H](NC(=O)[C@@H](N)CS)C(C)C. The molecule has 4 N–H and O–H groups in total. The lowest BCUT2D eigenvalue weighted by molar-refractivity contribution is -0.146. The lowest BCUT2D eigenvalue weighted by Gasteiger charge is -2.25. The lowest BCUT2D eigenvalue weighted by Crippen LogP contribution is -2.57. The molecule has 0 fully saturated rings. The molecule has 0 aromatic heterocycles. The molecule has 2 amide bonds. The number of aryl methyl sites for hydroxylation is 1. The van der Waals surface area contributed by atoms with E-state index in [1.807, 2.05) is 6.92 Å². The van der Waals surface area contributed by atoms with E-state index in [1.165, 1.54) is 0 Å². The minimum atomic E-state index is -1.24. The van der Waals surface area contributed by atoms with Crippen LogP contribution in [0.3, 0.4) is 0 Å². The van der Waals surface area contributed by atoms with E-state index in [2.05, 4.69) is 28.0 Å². The molecule has 1 aromatic rings. The van der Waals surface area contributed by atoms with Crippen LogP contribution in [0.15, 0.2) is 24.3 Å². The quantitative estimate of drug-likeness (QED) is 0.302. The lowest BCUT2D eigenvalue weighted by atomic mass is 10.0. The molecule has 10 heteroatoms. The highest BCUT2D eigenvalue weighted by molar-refractivity contribution is 7.80. The van der Waals surface area contributed by atoms with Crippen LogP contribution in [0.1, 0.15) is 29.8 Å². The Bertz CT molecular complexity index is 753. The van der Waals surface area contributed by atoms with E-state index in [-0.39, 0.29) is 11.7 Å². The number of carbonyl (C=O) groups is 4. The van der Waals surface area contributed by atoms with Crippen LogP contribution in [0.2, 0.25) is 0 Å². The molecule has 0 aliphatic heterocycles. The summed E-state index contributed by atoms with van der Waals surface area (Å²) in [6, 6.07) is 3.62. The monoisotopic (exact) mass is 439 g/mol. The van der Waals surface area contributed by atoms with Crippen molar-refractivity contribution in [2.45, 2.75) is 38.9 Å². The second-order valence-electron chi connectivity index (χ2n) is 7.07. The molecule has 9 nitrogen and oxygen atoms in total. The first kappa shape index (κ1) is 25.4. The average Bonchev–Trinajstić information content (AvgIpc) is 2.73. The molecule has 1 aromatic carbocycles. The second kappa shape index (κ2) is 12.2. The second-order valence-corrected chi connectivity index (χ2v) is 7.43. The summed E-state index contributed by atoms with van der Waals surface area (Å²) in [4.78, 5) is 49.0. The Morgan fingerprint density at radius 2 is 1.67 bits per heavy atom. The minimum absolute atomic E-state index is 0.109. The number of methoxy groups -OCH3 is 1. The summed E-state index contributed by atoms with van der Waals surface area (Å²) >= 11 is 3.96. The summed E-state index contributed by atoms with van der Waals surface area (Å²) in [5.74, 6) is -2.80. The van der Waals surface area contributed by atoms with Gasteiger partial charge in [-0.25, -0.2) is 9.59 Å². The van der Waals surface area contributed by atoms with Gasteiger partial charge in [0.25, 0.3) is 0 Å². The third-order valence-electron chi connectivity index (χ3n) is 4.25. The molecule has 0 radical (unpaired) electrons. The number of hydrogen-bond donors (Lipinski definition) is 4. The summed E-state index contributed by atoms with van der Waals surface area (Å²) < 4.78 is 9.84. The molecule has 0 spiro atoms. The normalized spacial score (nSPS) is 13.7. The number of amides is 2. The smallest absolute Gasteiger partial charge is 0.338 e. The Kier molecular flexibility index (Phi) is 10.3. The topological polar surface area (TPSA) is 137 Å². The number of carbonyl (C=O) groups excluding carboxylic acids is 4. The Labute approximate surface area is 181 Å². The predicted molar refractivity (Wildman–Crippen MR) is 114 cm³/mol. The molecule has 0 heterocycles. The first-order chi connectivity index (χ1) is 14.1. The van der Waals surface area contributed by atoms with Gasteiger partial charge in [0.2, 0.25) is 11.8 Å². The fraction of sp³-hybridized carbons (Fsp3) is 0.500. The Morgan fingerprint density at radius 3 is 2.17 bits per heavy atom. The molecular weight excluding hydrogens is 410 g/mol. The summed E-state index contributed by atoms with van der Waals surface area (Å²) in [7, 11) is 1.15. The van der Waals surface area contributed by atoms with Crippen LogP contribution in [-0.2, 0) is 23.9 Å². The number of nitrogens with one attached hydrogen (secondary N) is 2. The highest BCUT2D eigenvalue weighted by Gasteiger charge is 2.31. The van der Waals surface area contributed by atoms with Gasteiger partial charge in [-0.15, -0.1) is 0 Å². The van der Waals surface area contributed by atoms with Crippen LogP contribution in [0.4, 0.5) is 0 Å². The van der Waals surface area contributed by atoms with Crippen molar-refractivity contribution in [1.29, 1.82) is 0 Å². The van der Waals surface area contributed by atoms with Crippen LogP contribution in [0.25, 0.3) is 0 Å². The molecule has 0 aliphatic carbocycles. The molecule has 0 saturated heterocycles. The molecular formula is C20H29N3O6S. The van der Waals surface area contributed by atoms with E-state index in [1.54, 1.807) is 38.1 Å². The third kappa shape index (κ3) is 7.68. The van der Waals surface area contributed by atoms with Crippen LogP contribution < -0.4 is 16.4 Å². The number of rotatable bonds is 10. The van der Waals surface area contributed by atoms with Gasteiger partial charge in [-0.1, -0.05) is 31.5 Å². The van der Waals surface area contributed by atoms with Gasteiger partial charge in [0.05, 0.1) is 18.7 Å². The summed E-state index contributed by atoms with van der Waals surface area (Å²) in [5, 5.41) is 5.00. The number of nitrogens with two attached hydrogens (primary N) is 1. The number of hydrogen-bond acceptors (Lipinski definition) is 8. The summed E-state index contributed by atoms with van der Waals surface area (Å²) in [6.07, 6.45) is 0. The fourth-order valence-corrected chi connectivity index (χ4v) is 2.55. The van der Waals surface area contributed by atoms with Crippen LogP contribution in [0, 0.1) is 12.8 Å². The number of esters is 2. The zero-order valence-corrected chi connectivity index (χ0v) is 18.4. The zero-order valence-electron chi connectivity index (χ0n) is 17.5. The van der Waals surface area contributed by atoms with E-state index in [9.17, 15) is 19.2 Å². The van der Waals surface area contributed by atoms with Crippen molar-refractivity contribution in [3.8, 4) is 0 Å². The van der Waals surface area contributed by atoms with Gasteiger partial charge >= 0.3 is 11.9 Å². The molecule has 0 aliphatic rings. The van der Waals surface area contributed by atoms with Crippen molar-refractivity contribution >= 4 is 36.4 Å². The standard InChI is InChI=1S/C20H29N3O6S/c1-11(2)16(23-17(24)14(21)10-30)18(25)22-15(20(27)28-4)9-29-19(26)13-7-5-12(3)6-8-13/h5-8,11,14-16,30H,9-10,21H2,1-4H3,(H,22,25)(H,23,24)/t14-,15-,16-/m0/s1. The largest absolute Gasteiger partial charge is 0.467 e. The summed E-state index contributed by atoms with van der Waals surface area (Å²) in [5.41, 5.74) is 6.92. The molecule has 0 bridgehead atoms. The first-order valence-corrected chi connectivity index (χ1v) is 10.0. The third-order valence-corrected chi connectivity index (χ3v) is 4.64. The van der Waals surface area contributed by atoms with E-state index >= 15 is 0 Å². The van der Waals surface area contributed by atoms with E-state index in [4.69, 9.17) is 10.5 Å². The highest BCUT2D eigenvalue weighted by Crippen LogP contribution is 2.07. The van der Waals surface area contributed by atoms with Crippen molar-refractivity contribution in [1.82, 2.24) is 10.6 Å². The minimum Gasteiger partial charge on any atom is -0.467 e. The predicted octanol–water partition coefficient (Wildman–Crippen LogP) is 0.208. The van der Waals surface area contributed by atoms with E-state index < -0.39 is 48.5 Å². The molecule has 166 valence electrons. The van der Waals surface area contributed by atoms with Crippen molar-refractivity contribution < 1.29 is 28.7 Å². The maximum atomic E-state index is 12.7. The average molecular weight is 440 g/mol. The molecule has 0 saturated carbocycles. The molecule has 3 atom stereocenters. The first-order valence-electron chi connectivity index (χ1n) is 9.39. The van der Waals surface area contributed by atoms with Crippen molar-refractivity contribution in [3.63, 3.8) is 0 Å². The van der Waals surface area contributed by atoms with Crippen LogP contribution in [0.5, 0.6) is 0 Å². The Balaban J connectivity index is 2.83. The molecule has 0 unspecified atom stereocenters. The van der Waals surface area contributed by atoms with Gasteiger partial charge in [0.1, 0.15) is 12.6 Å². The van der Waals surface area contributed by atoms with Gasteiger partial charge in [-0.05, 0) is 25.0 Å². The van der Waals surface area contributed by atoms with Crippen molar-refractivity contribution in [2.24, 2.45) is 11.7 Å². The van der Waals surface area contributed by atoms with Crippen molar-refractivity contribution in [2.75, 3.05) is 19.5 Å². The summed E-state index contributed by atoms with van der Waals surface area (Å²) in [6.45, 7) is 4.90. The molecule has 30 heavy (non-hydrogen) atoms. The van der Waals surface area contributed by atoms with Gasteiger partial charge < -0.3 is 25.8 Å². The highest BCUT2D eigenvalue weighted by atomic mass is 32.1. The maximum absolute atomic E-state index is 12.7. The zero-order chi connectivity index (χ0) is 22.8. The van der Waals surface area contributed by atoms with E-state index in [0.29, 0.717) is 5.56 Å². The van der Waals surface area contributed by atoms with Gasteiger partial charge in [0, 0.05) is 5.75 Å². The van der Waals surface area contributed by atoms with Crippen molar-refractivity contribution in [3.05, 3.63) is 35.4 Å². The maximum Gasteiger partial charge on any atom is 0.338 e. The number of benzene rings is 1. The molecule has 1 rings (SSSR count). The number of thiol groups is 1. The van der Waals surface area contributed by atoms with Crippen LogP contribution in [-0.4, -0.2) is 61.3 Å². The van der Waals surface area contributed by atoms with Gasteiger partial charge in [0.15, 0.2) is 6.04 Å². The fourth-order valence-electron chi connectivity index (χ4n) is 2.38. The number of ether oxygens (including phenoxy) is 2.